The SMILES string of the molecule is CC(C)CN(C(=O)c1ccccc1S(C)(=O)=O)c1c(N)n(CC(C)C)c(=O)[nH]c1=O. The number of nitrogens with zero attached hydrogens (tertiary/aromatic N) is 2. The number of anilines is 2. The van der Waals surface area contributed by atoms with Crippen molar-refractivity contribution in [2.24, 2.45) is 11.8 Å². The molecule has 164 valence electrons. The molecule has 0 radical (unpaired) electrons. The van der Waals surface area contributed by atoms with Crippen molar-refractivity contribution >= 4 is 27.2 Å². The fraction of sp³-hybridized carbons (Fsp3) is 0.450. The third-order valence-corrected chi connectivity index (χ3v) is 5.50. The number of H-pyrrole nitrogens is 1. The van der Waals surface area contributed by atoms with Crippen molar-refractivity contribution in [2.45, 2.75) is 39.1 Å². The van der Waals surface area contributed by atoms with E-state index in [1.807, 2.05) is 27.7 Å². The Labute approximate surface area is 175 Å². The average molecular weight is 437 g/mol. The summed E-state index contributed by atoms with van der Waals surface area (Å²) in [5.74, 6) is -0.826. The second-order valence-electron chi connectivity index (χ2n) is 8.08. The first-order valence-corrected chi connectivity index (χ1v) is 11.5. The van der Waals surface area contributed by atoms with E-state index in [2.05, 4.69) is 4.98 Å². The number of amides is 1. The molecule has 0 atom stereocenters. The second-order valence-corrected chi connectivity index (χ2v) is 10.1. The molecule has 2 aromatic rings. The molecule has 1 aromatic heterocycles. The van der Waals surface area contributed by atoms with Gasteiger partial charge in [-0.15, -0.1) is 0 Å². The van der Waals surface area contributed by atoms with Crippen molar-refractivity contribution in [1.29, 1.82) is 0 Å². The van der Waals surface area contributed by atoms with Gasteiger partial charge in [0.15, 0.2) is 15.5 Å². The largest absolute Gasteiger partial charge is 0.383 e. The molecule has 9 nitrogen and oxygen atoms in total. The van der Waals surface area contributed by atoms with Crippen molar-refractivity contribution in [3.05, 3.63) is 50.7 Å². The first kappa shape index (κ1) is 23.4. The number of benzene rings is 1. The van der Waals surface area contributed by atoms with Crippen LogP contribution < -0.4 is 21.9 Å². The van der Waals surface area contributed by atoms with E-state index in [1.165, 1.54) is 22.8 Å². The van der Waals surface area contributed by atoms with Gasteiger partial charge in [0, 0.05) is 19.3 Å². The Bertz CT molecular complexity index is 1160. The Hall–Kier alpha value is -2.88. The Morgan fingerprint density at radius 3 is 2.27 bits per heavy atom. The highest BCUT2D eigenvalue weighted by molar-refractivity contribution is 7.90. The summed E-state index contributed by atoms with van der Waals surface area (Å²) in [4.78, 5) is 41.6. The number of carbonyl (C=O) groups is 1. The molecule has 0 unspecified atom stereocenters. The number of aromatic amines is 1. The van der Waals surface area contributed by atoms with Gasteiger partial charge in [0.05, 0.1) is 10.5 Å². The maximum atomic E-state index is 13.4. The maximum Gasteiger partial charge on any atom is 0.330 e. The monoisotopic (exact) mass is 436 g/mol. The lowest BCUT2D eigenvalue weighted by atomic mass is 10.1. The molecule has 0 aliphatic rings. The van der Waals surface area contributed by atoms with Gasteiger partial charge in [-0.25, -0.2) is 13.2 Å². The molecule has 0 aliphatic carbocycles. The van der Waals surface area contributed by atoms with Crippen molar-refractivity contribution in [3.63, 3.8) is 0 Å². The Morgan fingerprint density at radius 2 is 1.73 bits per heavy atom. The zero-order chi connectivity index (χ0) is 22.8. The standard InChI is InChI=1S/C20H28N4O5S/c1-12(2)10-23(19(26)14-8-6-7-9-15(14)30(5,28)29)16-17(21)24(11-13(3)4)20(27)22-18(16)25/h6-9,12-13H,10-11,21H2,1-5H3,(H,22,25,27). The van der Waals surface area contributed by atoms with Gasteiger partial charge in [0.2, 0.25) is 0 Å². The van der Waals surface area contributed by atoms with Crippen LogP contribution in [0.25, 0.3) is 0 Å². The fourth-order valence-electron chi connectivity index (χ4n) is 3.14. The number of nitrogen functional groups attached to an aromatic ring is 1. The molecule has 3 N–H and O–H groups in total. The van der Waals surface area contributed by atoms with Crippen LogP contribution in [-0.4, -0.2) is 36.7 Å². The van der Waals surface area contributed by atoms with Crippen LogP contribution in [0.3, 0.4) is 0 Å². The molecular formula is C20H28N4O5S. The fourth-order valence-corrected chi connectivity index (χ4v) is 4.02. The van der Waals surface area contributed by atoms with Crippen molar-refractivity contribution < 1.29 is 13.2 Å². The van der Waals surface area contributed by atoms with E-state index in [-0.39, 0.29) is 46.9 Å². The zero-order valence-electron chi connectivity index (χ0n) is 17.8. The van der Waals surface area contributed by atoms with Crippen LogP contribution in [-0.2, 0) is 16.4 Å². The third kappa shape index (κ3) is 4.99. The van der Waals surface area contributed by atoms with Crippen molar-refractivity contribution in [3.8, 4) is 0 Å². The summed E-state index contributed by atoms with van der Waals surface area (Å²) in [7, 11) is -3.69. The van der Waals surface area contributed by atoms with E-state index in [0.717, 1.165) is 11.2 Å². The molecule has 30 heavy (non-hydrogen) atoms. The van der Waals surface area contributed by atoms with Gasteiger partial charge in [0.1, 0.15) is 5.82 Å². The molecule has 10 heteroatoms. The molecule has 0 fully saturated rings. The summed E-state index contributed by atoms with van der Waals surface area (Å²) < 4.78 is 25.6. The number of carbonyl (C=O) groups excluding carboxylic acids is 1. The average Bonchev–Trinajstić information content (AvgIpc) is 2.62. The summed E-state index contributed by atoms with van der Waals surface area (Å²) in [5, 5.41) is 0. The van der Waals surface area contributed by atoms with Crippen LogP contribution in [0.15, 0.2) is 38.8 Å². The first-order chi connectivity index (χ1) is 13.8. The van der Waals surface area contributed by atoms with E-state index in [0.29, 0.717) is 0 Å². The van der Waals surface area contributed by atoms with E-state index in [9.17, 15) is 22.8 Å². The van der Waals surface area contributed by atoms with Gasteiger partial charge >= 0.3 is 5.69 Å². The van der Waals surface area contributed by atoms with Gasteiger partial charge in [-0.3, -0.25) is 19.1 Å². The molecule has 2 rings (SSSR count). The van der Waals surface area contributed by atoms with Crippen LogP contribution in [0.1, 0.15) is 38.1 Å². The Balaban J connectivity index is 2.76. The Morgan fingerprint density at radius 1 is 1.13 bits per heavy atom. The number of nitrogens with one attached hydrogen (secondary N) is 1. The number of aromatic nitrogens is 2. The summed E-state index contributed by atoms with van der Waals surface area (Å²) in [6, 6.07) is 5.79. The van der Waals surface area contributed by atoms with Gasteiger partial charge in [-0.05, 0) is 24.0 Å². The zero-order valence-corrected chi connectivity index (χ0v) is 18.6. The lowest BCUT2D eigenvalue weighted by Crippen LogP contribution is -2.43. The van der Waals surface area contributed by atoms with Crippen LogP contribution >= 0.6 is 0 Å². The second kappa shape index (κ2) is 8.86. The van der Waals surface area contributed by atoms with Crippen LogP contribution in [0.5, 0.6) is 0 Å². The lowest BCUT2D eigenvalue weighted by Gasteiger charge is -2.27. The minimum atomic E-state index is -3.69. The molecule has 1 aromatic carbocycles. The highest BCUT2D eigenvalue weighted by Crippen LogP contribution is 2.24. The number of hydrogen-bond acceptors (Lipinski definition) is 6. The highest BCUT2D eigenvalue weighted by atomic mass is 32.2. The van der Waals surface area contributed by atoms with Crippen LogP contribution in [0, 0.1) is 11.8 Å². The number of sulfone groups is 1. The molecule has 1 heterocycles. The van der Waals surface area contributed by atoms with Crippen LogP contribution in [0.4, 0.5) is 11.5 Å². The summed E-state index contributed by atoms with van der Waals surface area (Å²) in [6.07, 6.45) is 1.01. The van der Waals surface area contributed by atoms with E-state index in [4.69, 9.17) is 5.73 Å². The van der Waals surface area contributed by atoms with Gasteiger partial charge < -0.3 is 10.6 Å². The summed E-state index contributed by atoms with van der Waals surface area (Å²) >= 11 is 0. The maximum absolute atomic E-state index is 13.4. The predicted octanol–water partition coefficient (Wildman–Crippen LogP) is 1.48. The topological polar surface area (TPSA) is 135 Å². The summed E-state index contributed by atoms with van der Waals surface area (Å²) in [5.41, 5.74) is 4.48. The van der Waals surface area contributed by atoms with Gasteiger partial charge in [-0.1, -0.05) is 39.8 Å². The molecular weight excluding hydrogens is 408 g/mol. The van der Waals surface area contributed by atoms with Crippen molar-refractivity contribution in [2.75, 3.05) is 23.4 Å². The third-order valence-electron chi connectivity index (χ3n) is 4.34. The minimum absolute atomic E-state index is 0.0592. The Kier molecular flexibility index (Phi) is 6.91. The molecule has 0 saturated heterocycles. The smallest absolute Gasteiger partial charge is 0.330 e. The van der Waals surface area contributed by atoms with Crippen molar-refractivity contribution in [1.82, 2.24) is 9.55 Å². The quantitative estimate of drug-likeness (QED) is 0.675. The highest BCUT2D eigenvalue weighted by Gasteiger charge is 2.29. The van der Waals surface area contributed by atoms with Gasteiger partial charge in [0.25, 0.3) is 11.5 Å². The number of hydrogen-bond donors (Lipinski definition) is 2. The molecule has 0 bridgehead atoms. The first-order valence-electron chi connectivity index (χ1n) is 9.58. The minimum Gasteiger partial charge on any atom is -0.383 e. The molecule has 0 saturated carbocycles. The normalized spacial score (nSPS) is 11.8. The number of rotatable bonds is 7. The van der Waals surface area contributed by atoms with E-state index < -0.39 is 27.0 Å². The summed E-state index contributed by atoms with van der Waals surface area (Å²) in [6.45, 7) is 7.81. The molecule has 0 spiro atoms. The molecule has 0 aliphatic heterocycles. The van der Waals surface area contributed by atoms with Crippen LogP contribution in [0.2, 0.25) is 0 Å². The van der Waals surface area contributed by atoms with Gasteiger partial charge in [-0.2, -0.15) is 0 Å². The van der Waals surface area contributed by atoms with E-state index >= 15 is 0 Å². The van der Waals surface area contributed by atoms with E-state index in [1.54, 1.807) is 6.07 Å². The number of nitrogens with two attached hydrogens (primary N) is 1. The predicted molar refractivity (Wildman–Crippen MR) is 117 cm³/mol. The molecule has 1 amide bonds. The lowest BCUT2D eigenvalue weighted by molar-refractivity contribution is 0.0980.